The molecule has 0 aliphatic carbocycles. The van der Waals surface area contributed by atoms with E-state index in [9.17, 15) is 9.18 Å². The Balaban J connectivity index is 1.33. The Bertz CT molecular complexity index is 1210. The van der Waals surface area contributed by atoms with E-state index in [1.54, 1.807) is 28.6 Å². The number of tetrazole rings is 1. The molecule has 150 valence electrons. The maximum atomic E-state index is 13.1. The Labute approximate surface area is 174 Å². The average molecular weight is 422 g/mol. The van der Waals surface area contributed by atoms with Crippen molar-refractivity contribution >= 4 is 17.7 Å². The van der Waals surface area contributed by atoms with Crippen LogP contribution in [-0.2, 0) is 6.54 Å². The molecule has 11 heteroatoms. The highest BCUT2D eigenvalue weighted by atomic mass is 32.2. The van der Waals surface area contributed by atoms with Crippen LogP contribution in [0.25, 0.3) is 5.69 Å². The molecule has 0 spiro atoms. The third-order valence-corrected chi connectivity index (χ3v) is 5.76. The number of hydrogen-bond donors (Lipinski definition) is 1. The molecule has 2 aromatic carbocycles. The van der Waals surface area contributed by atoms with E-state index in [0.29, 0.717) is 18.1 Å². The summed E-state index contributed by atoms with van der Waals surface area (Å²) in [6, 6.07) is 13.5. The number of aromatic nitrogens is 7. The van der Waals surface area contributed by atoms with Gasteiger partial charge in [-0.25, -0.2) is 14.1 Å². The van der Waals surface area contributed by atoms with Gasteiger partial charge in [0, 0.05) is 10.6 Å². The average Bonchev–Trinajstić information content (AvgIpc) is 3.40. The SMILES string of the molecule is O=C(NC1CSc2ccccc2-n2nnnc21)c1ncn(Cc2ccc(F)cc2)n1. The Morgan fingerprint density at radius 3 is 2.90 bits per heavy atom. The van der Waals surface area contributed by atoms with Gasteiger partial charge in [-0.05, 0) is 40.3 Å². The van der Waals surface area contributed by atoms with E-state index >= 15 is 0 Å². The van der Waals surface area contributed by atoms with E-state index in [1.165, 1.54) is 23.1 Å². The first-order valence-corrected chi connectivity index (χ1v) is 10.1. The van der Waals surface area contributed by atoms with Crippen molar-refractivity contribution in [3.05, 3.63) is 77.9 Å². The first-order valence-electron chi connectivity index (χ1n) is 9.12. The van der Waals surface area contributed by atoms with Crippen molar-refractivity contribution in [2.24, 2.45) is 0 Å². The van der Waals surface area contributed by atoms with Gasteiger partial charge in [0.05, 0.1) is 12.2 Å². The maximum Gasteiger partial charge on any atom is 0.291 e. The van der Waals surface area contributed by atoms with Gasteiger partial charge in [-0.1, -0.05) is 24.3 Å². The van der Waals surface area contributed by atoms with Crippen LogP contribution in [0.15, 0.2) is 59.8 Å². The van der Waals surface area contributed by atoms with E-state index in [4.69, 9.17) is 0 Å². The quantitative estimate of drug-likeness (QED) is 0.537. The lowest BCUT2D eigenvalue weighted by Gasteiger charge is -2.13. The molecule has 4 aromatic rings. The standard InChI is InChI=1S/C19H15FN8OS/c20-13-7-5-12(6-8-13)9-27-11-21-17(24-27)19(29)22-14-10-30-16-4-2-1-3-15(16)28-18(14)23-25-26-28/h1-8,11,14H,9-10H2,(H,22,29). The molecule has 0 radical (unpaired) electrons. The zero-order valence-corrected chi connectivity index (χ0v) is 16.3. The number of thioether (sulfide) groups is 1. The Hall–Kier alpha value is -3.60. The maximum absolute atomic E-state index is 13.1. The van der Waals surface area contributed by atoms with Crippen LogP contribution < -0.4 is 5.32 Å². The van der Waals surface area contributed by atoms with E-state index < -0.39 is 11.9 Å². The number of carbonyl (C=O) groups is 1. The van der Waals surface area contributed by atoms with Crippen LogP contribution in [0.5, 0.6) is 0 Å². The summed E-state index contributed by atoms with van der Waals surface area (Å²) in [5.41, 5.74) is 1.73. The van der Waals surface area contributed by atoms with Crippen LogP contribution in [0.2, 0.25) is 0 Å². The molecule has 5 rings (SSSR count). The minimum atomic E-state index is -0.418. The fourth-order valence-corrected chi connectivity index (χ4v) is 4.22. The molecule has 0 saturated heterocycles. The summed E-state index contributed by atoms with van der Waals surface area (Å²) in [5, 5.41) is 19.1. The van der Waals surface area contributed by atoms with Crippen LogP contribution in [0, 0.1) is 5.82 Å². The molecule has 1 aliphatic heterocycles. The van der Waals surface area contributed by atoms with Crippen LogP contribution in [0.1, 0.15) is 28.0 Å². The Morgan fingerprint density at radius 2 is 2.03 bits per heavy atom. The lowest BCUT2D eigenvalue weighted by Crippen LogP contribution is -2.32. The highest BCUT2D eigenvalue weighted by molar-refractivity contribution is 7.99. The second-order valence-corrected chi connectivity index (χ2v) is 7.71. The van der Waals surface area contributed by atoms with Gasteiger partial charge >= 0.3 is 0 Å². The summed E-state index contributed by atoms with van der Waals surface area (Å²) in [6.45, 7) is 0.382. The molecular formula is C19H15FN8OS. The third kappa shape index (κ3) is 3.54. The number of para-hydroxylation sites is 1. The van der Waals surface area contributed by atoms with Crippen LogP contribution in [0.3, 0.4) is 0 Å². The third-order valence-electron chi connectivity index (χ3n) is 4.61. The molecule has 1 unspecified atom stereocenters. The second kappa shape index (κ2) is 7.67. The zero-order valence-electron chi connectivity index (χ0n) is 15.5. The number of fused-ring (bicyclic) bond motifs is 3. The molecule has 0 bridgehead atoms. The summed E-state index contributed by atoms with van der Waals surface area (Å²) in [4.78, 5) is 17.9. The molecule has 1 amide bonds. The smallest absolute Gasteiger partial charge is 0.291 e. The second-order valence-electron chi connectivity index (χ2n) is 6.65. The first kappa shape index (κ1) is 18.4. The molecule has 0 fully saturated rings. The fourth-order valence-electron chi connectivity index (χ4n) is 3.17. The molecule has 1 N–H and O–H groups in total. The molecule has 9 nitrogen and oxygen atoms in total. The molecule has 1 aliphatic rings. The van der Waals surface area contributed by atoms with Gasteiger partial charge in [-0.3, -0.25) is 4.79 Å². The number of hydrogen-bond acceptors (Lipinski definition) is 7. The number of halogens is 1. The molecule has 0 saturated carbocycles. The first-order chi connectivity index (χ1) is 14.7. The van der Waals surface area contributed by atoms with Crippen molar-refractivity contribution in [1.82, 2.24) is 40.3 Å². The lowest BCUT2D eigenvalue weighted by atomic mass is 10.2. The Morgan fingerprint density at radius 1 is 1.20 bits per heavy atom. The predicted octanol–water partition coefficient (Wildman–Crippen LogP) is 2.02. The van der Waals surface area contributed by atoms with Gasteiger partial charge in [0.1, 0.15) is 18.2 Å². The summed E-state index contributed by atoms with van der Waals surface area (Å²) in [7, 11) is 0. The molecule has 3 heterocycles. The number of amides is 1. The van der Waals surface area contributed by atoms with Crippen LogP contribution in [0.4, 0.5) is 4.39 Å². The summed E-state index contributed by atoms with van der Waals surface area (Å²) in [5.74, 6) is 0.441. The van der Waals surface area contributed by atoms with Crippen molar-refractivity contribution in [3.63, 3.8) is 0 Å². The predicted molar refractivity (Wildman–Crippen MR) is 106 cm³/mol. The fraction of sp³-hybridized carbons (Fsp3) is 0.158. The van der Waals surface area contributed by atoms with Crippen molar-refractivity contribution in [1.29, 1.82) is 0 Å². The number of rotatable bonds is 4. The monoisotopic (exact) mass is 422 g/mol. The minimum absolute atomic E-state index is 0.0443. The van der Waals surface area contributed by atoms with Gasteiger partial charge in [0.15, 0.2) is 5.82 Å². The lowest BCUT2D eigenvalue weighted by molar-refractivity contribution is 0.0928. The van der Waals surface area contributed by atoms with Gasteiger partial charge in [-0.2, -0.15) is 4.68 Å². The number of benzene rings is 2. The molecule has 1 atom stereocenters. The van der Waals surface area contributed by atoms with Gasteiger partial charge in [0.25, 0.3) is 5.91 Å². The van der Waals surface area contributed by atoms with Crippen LogP contribution in [-0.4, -0.2) is 46.6 Å². The topological polar surface area (TPSA) is 103 Å². The largest absolute Gasteiger partial charge is 0.338 e. The van der Waals surface area contributed by atoms with Crippen LogP contribution >= 0.6 is 11.8 Å². The van der Waals surface area contributed by atoms with Crippen molar-refractivity contribution in [2.75, 3.05) is 5.75 Å². The van der Waals surface area contributed by atoms with Gasteiger partial charge in [0.2, 0.25) is 5.82 Å². The molecule has 30 heavy (non-hydrogen) atoms. The minimum Gasteiger partial charge on any atom is -0.338 e. The normalized spacial score (nSPS) is 15.2. The van der Waals surface area contributed by atoms with E-state index in [2.05, 4.69) is 30.9 Å². The summed E-state index contributed by atoms with van der Waals surface area (Å²) in [6.07, 6.45) is 1.47. The van der Waals surface area contributed by atoms with E-state index in [0.717, 1.165) is 16.1 Å². The molecule has 2 aromatic heterocycles. The van der Waals surface area contributed by atoms with Crippen molar-refractivity contribution < 1.29 is 9.18 Å². The van der Waals surface area contributed by atoms with E-state index in [1.807, 2.05) is 24.3 Å². The van der Waals surface area contributed by atoms with Crippen molar-refractivity contribution in [3.8, 4) is 5.69 Å². The van der Waals surface area contributed by atoms with Gasteiger partial charge < -0.3 is 5.32 Å². The van der Waals surface area contributed by atoms with Gasteiger partial charge in [-0.15, -0.1) is 22.0 Å². The zero-order chi connectivity index (χ0) is 20.5. The highest BCUT2D eigenvalue weighted by Gasteiger charge is 2.28. The summed E-state index contributed by atoms with van der Waals surface area (Å²) >= 11 is 1.60. The van der Waals surface area contributed by atoms with Crippen molar-refractivity contribution in [2.45, 2.75) is 17.5 Å². The highest BCUT2D eigenvalue weighted by Crippen LogP contribution is 2.33. The number of nitrogens with zero attached hydrogens (tertiary/aromatic N) is 7. The summed E-state index contributed by atoms with van der Waals surface area (Å²) < 4.78 is 16.2. The number of carbonyl (C=O) groups excluding carboxylic acids is 1. The molecular weight excluding hydrogens is 407 g/mol. The number of nitrogens with one attached hydrogen (secondary N) is 1. The Kier molecular flexibility index (Phi) is 4.71. The van der Waals surface area contributed by atoms with E-state index in [-0.39, 0.29) is 11.6 Å².